The van der Waals surface area contributed by atoms with E-state index < -0.39 is 22.2 Å². The number of halogens is 2. The molecule has 4 nitrogen and oxygen atoms in total. The molecule has 0 radical (unpaired) electrons. The van der Waals surface area contributed by atoms with E-state index in [1.54, 1.807) is 0 Å². The Morgan fingerprint density at radius 1 is 1.42 bits per heavy atom. The zero-order valence-electron chi connectivity index (χ0n) is 10.7. The van der Waals surface area contributed by atoms with Crippen molar-refractivity contribution >= 4 is 11.4 Å². The lowest BCUT2D eigenvalue weighted by Gasteiger charge is -2.21. The van der Waals surface area contributed by atoms with Gasteiger partial charge in [-0.15, -0.1) is 0 Å². The molecule has 1 saturated carbocycles. The van der Waals surface area contributed by atoms with Crippen molar-refractivity contribution in [3.63, 3.8) is 0 Å². The summed E-state index contributed by atoms with van der Waals surface area (Å²) in [7, 11) is 0. The number of anilines is 1. The van der Waals surface area contributed by atoms with Gasteiger partial charge in [-0.2, -0.15) is 0 Å². The summed E-state index contributed by atoms with van der Waals surface area (Å²) in [5.41, 5.74) is -0.740. The summed E-state index contributed by atoms with van der Waals surface area (Å²) >= 11 is 0. The molecule has 1 aromatic carbocycles. The predicted octanol–water partition coefficient (Wildman–Crippen LogP) is 3.86. The molecule has 19 heavy (non-hydrogen) atoms. The third-order valence-electron chi connectivity index (χ3n) is 3.78. The van der Waals surface area contributed by atoms with Gasteiger partial charge in [0.15, 0.2) is 17.3 Å². The van der Waals surface area contributed by atoms with Crippen molar-refractivity contribution in [1.29, 1.82) is 0 Å². The first kappa shape index (κ1) is 13.7. The van der Waals surface area contributed by atoms with Crippen molar-refractivity contribution in [2.24, 2.45) is 5.92 Å². The third-order valence-corrected chi connectivity index (χ3v) is 3.78. The van der Waals surface area contributed by atoms with Gasteiger partial charge in [0, 0.05) is 12.1 Å². The van der Waals surface area contributed by atoms with E-state index >= 15 is 0 Å². The quantitative estimate of drug-likeness (QED) is 0.667. The van der Waals surface area contributed by atoms with Crippen LogP contribution in [0.2, 0.25) is 0 Å². The lowest BCUT2D eigenvalue weighted by molar-refractivity contribution is -0.384. The van der Waals surface area contributed by atoms with Crippen LogP contribution in [-0.4, -0.2) is 11.0 Å². The monoisotopic (exact) mass is 270 g/mol. The van der Waals surface area contributed by atoms with Crippen molar-refractivity contribution < 1.29 is 13.7 Å². The van der Waals surface area contributed by atoms with E-state index in [1.165, 1.54) is 0 Å². The van der Waals surface area contributed by atoms with Crippen LogP contribution in [0.5, 0.6) is 0 Å². The number of benzene rings is 1. The maximum absolute atomic E-state index is 13.8. The van der Waals surface area contributed by atoms with Crippen LogP contribution in [0.1, 0.15) is 32.6 Å². The SMILES string of the molecule is CCC1CCCC1Nc1c([N+](=O)[O-])ccc(F)c1F. The van der Waals surface area contributed by atoms with Crippen molar-refractivity contribution in [2.75, 3.05) is 5.32 Å². The van der Waals surface area contributed by atoms with Crippen LogP contribution >= 0.6 is 0 Å². The molecule has 0 heterocycles. The molecule has 0 spiro atoms. The Hall–Kier alpha value is -1.72. The molecule has 1 aliphatic rings. The lowest BCUT2D eigenvalue weighted by Crippen LogP contribution is -2.24. The summed E-state index contributed by atoms with van der Waals surface area (Å²) in [5, 5.41) is 13.7. The number of hydrogen-bond acceptors (Lipinski definition) is 3. The number of hydrogen-bond donors (Lipinski definition) is 1. The highest BCUT2D eigenvalue weighted by Crippen LogP contribution is 2.35. The van der Waals surface area contributed by atoms with E-state index in [0.29, 0.717) is 5.92 Å². The minimum absolute atomic E-state index is 0.0278. The molecule has 6 heteroatoms. The van der Waals surface area contributed by atoms with E-state index in [9.17, 15) is 18.9 Å². The number of nitro benzene ring substituents is 1. The fraction of sp³-hybridized carbons (Fsp3) is 0.538. The molecule has 1 aromatic rings. The van der Waals surface area contributed by atoms with Crippen molar-refractivity contribution in [3.05, 3.63) is 33.9 Å². The van der Waals surface area contributed by atoms with Gasteiger partial charge in [0.2, 0.25) is 0 Å². The number of rotatable bonds is 4. The second-order valence-corrected chi connectivity index (χ2v) is 4.86. The molecular weight excluding hydrogens is 254 g/mol. The van der Waals surface area contributed by atoms with Gasteiger partial charge in [0.1, 0.15) is 0 Å². The van der Waals surface area contributed by atoms with Gasteiger partial charge in [-0.1, -0.05) is 19.8 Å². The largest absolute Gasteiger partial charge is 0.374 e. The molecule has 0 amide bonds. The number of nitrogens with one attached hydrogen (secondary N) is 1. The fourth-order valence-electron chi connectivity index (χ4n) is 2.73. The van der Waals surface area contributed by atoms with E-state index in [0.717, 1.165) is 37.8 Å². The summed E-state index contributed by atoms with van der Waals surface area (Å²) in [4.78, 5) is 10.2. The molecule has 0 bridgehead atoms. The second kappa shape index (κ2) is 5.50. The Balaban J connectivity index is 2.32. The highest BCUT2D eigenvalue weighted by molar-refractivity contribution is 5.63. The molecular formula is C13H16F2N2O2. The van der Waals surface area contributed by atoms with Crippen molar-refractivity contribution in [3.8, 4) is 0 Å². The Bertz CT molecular complexity index is 494. The number of nitrogens with zero attached hydrogens (tertiary/aromatic N) is 1. The van der Waals surface area contributed by atoms with Gasteiger partial charge >= 0.3 is 0 Å². The zero-order chi connectivity index (χ0) is 14.0. The van der Waals surface area contributed by atoms with Crippen molar-refractivity contribution in [2.45, 2.75) is 38.6 Å². The summed E-state index contributed by atoms with van der Waals surface area (Å²) in [6.07, 6.45) is 3.76. The first-order valence-corrected chi connectivity index (χ1v) is 6.43. The van der Waals surface area contributed by atoms with Crippen LogP contribution in [0.15, 0.2) is 12.1 Å². The van der Waals surface area contributed by atoms with Gasteiger partial charge in [0.05, 0.1) is 4.92 Å². The third kappa shape index (κ3) is 2.67. The minimum atomic E-state index is -1.17. The van der Waals surface area contributed by atoms with Crippen LogP contribution in [-0.2, 0) is 0 Å². The van der Waals surface area contributed by atoms with Crippen LogP contribution in [0.3, 0.4) is 0 Å². The van der Waals surface area contributed by atoms with E-state index in [1.807, 2.05) is 6.92 Å². The maximum Gasteiger partial charge on any atom is 0.295 e. The topological polar surface area (TPSA) is 55.2 Å². The van der Waals surface area contributed by atoms with Crippen LogP contribution < -0.4 is 5.32 Å². The Morgan fingerprint density at radius 2 is 2.16 bits per heavy atom. The molecule has 2 rings (SSSR count). The van der Waals surface area contributed by atoms with Crippen LogP contribution in [0, 0.1) is 27.7 Å². The van der Waals surface area contributed by atoms with E-state index in [4.69, 9.17) is 0 Å². The van der Waals surface area contributed by atoms with Gasteiger partial charge in [-0.25, -0.2) is 8.78 Å². The average molecular weight is 270 g/mol. The highest BCUT2D eigenvalue weighted by Gasteiger charge is 2.30. The zero-order valence-corrected chi connectivity index (χ0v) is 10.7. The molecule has 2 atom stereocenters. The predicted molar refractivity (Wildman–Crippen MR) is 68.1 cm³/mol. The van der Waals surface area contributed by atoms with Crippen LogP contribution in [0.4, 0.5) is 20.2 Å². The number of nitro groups is 1. The smallest absolute Gasteiger partial charge is 0.295 e. The average Bonchev–Trinajstić information content (AvgIpc) is 2.82. The second-order valence-electron chi connectivity index (χ2n) is 4.86. The van der Waals surface area contributed by atoms with Gasteiger partial charge < -0.3 is 5.32 Å². The molecule has 0 aromatic heterocycles. The molecule has 104 valence electrons. The Labute approximate surface area is 110 Å². The normalized spacial score (nSPS) is 22.5. The van der Waals surface area contributed by atoms with E-state index in [2.05, 4.69) is 5.32 Å². The van der Waals surface area contributed by atoms with Crippen LogP contribution in [0.25, 0.3) is 0 Å². The molecule has 1 aliphatic carbocycles. The summed E-state index contributed by atoms with van der Waals surface area (Å²) < 4.78 is 27.0. The fourth-order valence-corrected chi connectivity index (χ4v) is 2.73. The first-order chi connectivity index (χ1) is 9.04. The Kier molecular flexibility index (Phi) is 3.97. The maximum atomic E-state index is 13.8. The summed E-state index contributed by atoms with van der Waals surface area (Å²) in [5.74, 6) is -1.89. The lowest BCUT2D eigenvalue weighted by atomic mass is 10.0. The molecule has 1 N–H and O–H groups in total. The first-order valence-electron chi connectivity index (χ1n) is 6.43. The van der Waals surface area contributed by atoms with Gasteiger partial charge in [-0.3, -0.25) is 10.1 Å². The van der Waals surface area contributed by atoms with E-state index in [-0.39, 0.29) is 11.7 Å². The minimum Gasteiger partial charge on any atom is -0.374 e. The summed E-state index contributed by atoms with van der Waals surface area (Å²) in [6, 6.07) is 1.75. The van der Waals surface area contributed by atoms with Gasteiger partial charge in [-0.05, 0) is 24.8 Å². The molecule has 2 unspecified atom stereocenters. The molecule has 0 aliphatic heterocycles. The van der Waals surface area contributed by atoms with Gasteiger partial charge in [0.25, 0.3) is 5.69 Å². The highest BCUT2D eigenvalue weighted by atomic mass is 19.2. The summed E-state index contributed by atoms with van der Waals surface area (Å²) in [6.45, 7) is 2.03. The Morgan fingerprint density at radius 3 is 2.79 bits per heavy atom. The van der Waals surface area contributed by atoms with Crippen molar-refractivity contribution in [1.82, 2.24) is 0 Å². The molecule has 1 fully saturated rings. The standard InChI is InChI=1S/C13H16F2N2O2/c1-2-8-4-3-5-10(8)16-13-11(17(18)19)7-6-9(14)12(13)15/h6-8,10,16H,2-5H2,1H3. The molecule has 0 saturated heterocycles.